The molecule has 5 heteroatoms. The van der Waals surface area contributed by atoms with Gasteiger partial charge in [-0.05, 0) is 32.0 Å². The Hall–Kier alpha value is -3.00. The molecule has 1 aromatic carbocycles. The number of fused-ring (bicyclic) bond motifs is 1. The van der Waals surface area contributed by atoms with Crippen LogP contribution in [0.5, 0.6) is 5.75 Å². The maximum absolute atomic E-state index is 11.9. The summed E-state index contributed by atoms with van der Waals surface area (Å²) in [6.45, 7) is 4.35. The number of rotatable bonds is 4. The molecule has 1 atom stereocenters. The summed E-state index contributed by atoms with van der Waals surface area (Å²) >= 11 is 0. The van der Waals surface area contributed by atoms with Gasteiger partial charge in [0.25, 0.3) is 5.91 Å². The van der Waals surface area contributed by atoms with E-state index in [2.05, 4.69) is 41.5 Å². The molecule has 0 aliphatic carbocycles. The number of amides is 1. The minimum atomic E-state index is -0.263. The fraction of sp³-hybridized carbons (Fsp3) is 0.300. The SMILES string of the molecule is C#CCNC(=O)c1ccc(NC2CC(C)(C)Oc3ccccc32)nc1. The standard InChI is InChI=1S/C20H21N3O2/c1-4-11-21-19(24)14-9-10-18(22-13-14)23-16-12-20(2,3)25-17-8-6-5-7-15(16)17/h1,5-10,13,16H,11-12H2,2-3H3,(H,21,24)(H,22,23). The van der Waals surface area contributed by atoms with E-state index in [0.29, 0.717) is 11.4 Å². The van der Waals surface area contributed by atoms with Crippen LogP contribution in [-0.4, -0.2) is 23.0 Å². The first-order chi connectivity index (χ1) is 12.0. The van der Waals surface area contributed by atoms with Crippen molar-refractivity contribution in [3.05, 3.63) is 53.7 Å². The van der Waals surface area contributed by atoms with E-state index >= 15 is 0 Å². The van der Waals surface area contributed by atoms with Crippen LogP contribution in [0.3, 0.4) is 0 Å². The molecule has 0 saturated carbocycles. The number of benzene rings is 1. The number of ether oxygens (including phenoxy) is 1. The summed E-state index contributed by atoms with van der Waals surface area (Å²) in [5, 5.41) is 6.07. The summed E-state index contributed by atoms with van der Waals surface area (Å²) in [5.74, 6) is 3.75. The van der Waals surface area contributed by atoms with E-state index in [1.165, 1.54) is 0 Å². The Morgan fingerprint density at radius 3 is 2.88 bits per heavy atom. The molecule has 0 bridgehead atoms. The summed E-state index contributed by atoms with van der Waals surface area (Å²) in [6.07, 6.45) is 7.51. The van der Waals surface area contributed by atoms with Gasteiger partial charge in [-0.15, -0.1) is 6.42 Å². The number of aromatic nitrogens is 1. The Morgan fingerprint density at radius 1 is 1.36 bits per heavy atom. The topological polar surface area (TPSA) is 63.2 Å². The molecule has 0 saturated heterocycles. The minimum Gasteiger partial charge on any atom is -0.487 e. The summed E-state index contributed by atoms with van der Waals surface area (Å²) in [6, 6.07) is 11.6. The first-order valence-corrected chi connectivity index (χ1v) is 8.21. The largest absolute Gasteiger partial charge is 0.487 e. The lowest BCUT2D eigenvalue weighted by Gasteiger charge is -2.38. The van der Waals surface area contributed by atoms with Gasteiger partial charge in [-0.1, -0.05) is 24.1 Å². The molecule has 1 aliphatic rings. The van der Waals surface area contributed by atoms with Crippen LogP contribution >= 0.6 is 0 Å². The van der Waals surface area contributed by atoms with Gasteiger partial charge in [0.15, 0.2) is 0 Å². The Balaban J connectivity index is 1.76. The highest BCUT2D eigenvalue weighted by molar-refractivity contribution is 5.94. The minimum absolute atomic E-state index is 0.0913. The molecule has 1 aromatic heterocycles. The molecule has 3 rings (SSSR count). The van der Waals surface area contributed by atoms with Gasteiger partial charge in [0.1, 0.15) is 17.2 Å². The van der Waals surface area contributed by atoms with Crippen LogP contribution in [0.15, 0.2) is 42.6 Å². The zero-order valence-corrected chi connectivity index (χ0v) is 14.4. The van der Waals surface area contributed by atoms with E-state index in [-0.39, 0.29) is 24.1 Å². The molecule has 2 aromatic rings. The zero-order valence-electron chi connectivity index (χ0n) is 14.4. The van der Waals surface area contributed by atoms with Gasteiger partial charge in [0.2, 0.25) is 0 Å². The lowest BCUT2D eigenvalue weighted by molar-refractivity contribution is 0.0758. The second-order valence-electron chi connectivity index (χ2n) is 6.62. The molecule has 0 spiro atoms. The van der Waals surface area contributed by atoms with Crippen molar-refractivity contribution in [3.8, 4) is 18.1 Å². The molecule has 0 radical (unpaired) electrons. The van der Waals surface area contributed by atoms with Crippen LogP contribution in [0.4, 0.5) is 5.82 Å². The predicted molar refractivity (Wildman–Crippen MR) is 97.5 cm³/mol. The number of carbonyl (C=O) groups is 1. The van der Waals surface area contributed by atoms with Gasteiger partial charge in [0.05, 0.1) is 18.2 Å². The molecular weight excluding hydrogens is 314 g/mol. The molecule has 1 amide bonds. The van der Waals surface area contributed by atoms with Crippen molar-refractivity contribution in [2.45, 2.75) is 31.9 Å². The summed E-state index contributed by atoms with van der Waals surface area (Å²) in [4.78, 5) is 16.2. The maximum Gasteiger partial charge on any atom is 0.253 e. The van der Waals surface area contributed by atoms with Crippen molar-refractivity contribution in [1.82, 2.24) is 10.3 Å². The normalized spacial score (nSPS) is 17.6. The fourth-order valence-electron chi connectivity index (χ4n) is 2.96. The van der Waals surface area contributed by atoms with Crippen LogP contribution in [0.25, 0.3) is 0 Å². The summed E-state index contributed by atoms with van der Waals surface area (Å²) < 4.78 is 6.05. The zero-order chi connectivity index (χ0) is 17.9. The number of pyridine rings is 1. The van der Waals surface area contributed by atoms with Crippen LogP contribution in [-0.2, 0) is 0 Å². The Morgan fingerprint density at radius 2 is 2.16 bits per heavy atom. The van der Waals surface area contributed by atoms with Crippen molar-refractivity contribution >= 4 is 11.7 Å². The molecule has 5 nitrogen and oxygen atoms in total. The van der Waals surface area contributed by atoms with E-state index in [0.717, 1.165) is 17.7 Å². The lowest BCUT2D eigenvalue weighted by atomic mass is 9.90. The lowest BCUT2D eigenvalue weighted by Crippen LogP contribution is -2.37. The highest BCUT2D eigenvalue weighted by Gasteiger charge is 2.33. The van der Waals surface area contributed by atoms with Gasteiger partial charge in [0, 0.05) is 18.2 Å². The third-order valence-corrected chi connectivity index (χ3v) is 4.08. The molecule has 2 N–H and O–H groups in total. The predicted octanol–water partition coefficient (Wildman–Crippen LogP) is 3.16. The molecule has 1 aliphatic heterocycles. The Bertz CT molecular complexity index is 806. The molecule has 1 unspecified atom stereocenters. The smallest absolute Gasteiger partial charge is 0.253 e. The second-order valence-corrected chi connectivity index (χ2v) is 6.62. The monoisotopic (exact) mass is 335 g/mol. The molecule has 2 heterocycles. The van der Waals surface area contributed by atoms with Crippen LogP contribution < -0.4 is 15.4 Å². The Labute approximate surface area is 147 Å². The highest BCUT2D eigenvalue weighted by atomic mass is 16.5. The third kappa shape index (κ3) is 3.92. The molecular formula is C20H21N3O2. The third-order valence-electron chi connectivity index (χ3n) is 4.08. The number of anilines is 1. The average Bonchev–Trinajstić information content (AvgIpc) is 2.59. The van der Waals surface area contributed by atoms with Crippen LogP contribution in [0.1, 0.15) is 42.2 Å². The molecule has 0 fully saturated rings. The molecule has 128 valence electrons. The van der Waals surface area contributed by atoms with E-state index < -0.39 is 0 Å². The molecule has 25 heavy (non-hydrogen) atoms. The van der Waals surface area contributed by atoms with E-state index in [1.807, 2.05) is 18.2 Å². The van der Waals surface area contributed by atoms with Gasteiger partial charge in [-0.2, -0.15) is 0 Å². The van der Waals surface area contributed by atoms with Crippen molar-refractivity contribution in [2.75, 3.05) is 11.9 Å². The maximum atomic E-state index is 11.9. The number of hydrogen-bond donors (Lipinski definition) is 2. The van der Waals surface area contributed by atoms with Gasteiger partial charge in [-0.25, -0.2) is 4.98 Å². The first kappa shape index (κ1) is 16.8. The van der Waals surface area contributed by atoms with Crippen LogP contribution in [0, 0.1) is 12.3 Å². The van der Waals surface area contributed by atoms with Gasteiger partial charge in [-0.3, -0.25) is 4.79 Å². The van der Waals surface area contributed by atoms with Crippen molar-refractivity contribution in [2.24, 2.45) is 0 Å². The van der Waals surface area contributed by atoms with Gasteiger partial charge < -0.3 is 15.4 Å². The van der Waals surface area contributed by atoms with Gasteiger partial charge >= 0.3 is 0 Å². The highest BCUT2D eigenvalue weighted by Crippen LogP contribution is 2.40. The fourth-order valence-corrected chi connectivity index (χ4v) is 2.96. The number of nitrogens with zero attached hydrogens (tertiary/aromatic N) is 1. The van der Waals surface area contributed by atoms with Crippen LogP contribution in [0.2, 0.25) is 0 Å². The van der Waals surface area contributed by atoms with Crippen molar-refractivity contribution in [1.29, 1.82) is 0 Å². The number of nitrogens with one attached hydrogen (secondary N) is 2. The number of para-hydroxylation sites is 1. The quantitative estimate of drug-likeness (QED) is 0.843. The number of terminal acetylenes is 1. The van der Waals surface area contributed by atoms with E-state index in [4.69, 9.17) is 11.2 Å². The van der Waals surface area contributed by atoms with Crippen molar-refractivity contribution in [3.63, 3.8) is 0 Å². The summed E-state index contributed by atoms with van der Waals surface area (Å²) in [5.41, 5.74) is 1.33. The number of carbonyl (C=O) groups excluding carboxylic acids is 1. The first-order valence-electron chi connectivity index (χ1n) is 8.21. The number of hydrogen-bond acceptors (Lipinski definition) is 4. The van der Waals surface area contributed by atoms with E-state index in [1.54, 1.807) is 18.3 Å². The Kier molecular flexibility index (Phi) is 4.62. The van der Waals surface area contributed by atoms with Crippen molar-refractivity contribution < 1.29 is 9.53 Å². The second kappa shape index (κ2) is 6.86. The summed E-state index contributed by atoms with van der Waals surface area (Å²) in [7, 11) is 0. The van der Waals surface area contributed by atoms with E-state index in [9.17, 15) is 4.79 Å². The average molecular weight is 335 g/mol.